The molecule has 0 atom stereocenters. The summed E-state index contributed by atoms with van der Waals surface area (Å²) < 4.78 is 49.7. The number of rotatable bonds is 23. The predicted octanol–water partition coefficient (Wildman–Crippen LogP) is 4.56. The average molecular weight is 565 g/mol. The lowest BCUT2D eigenvalue weighted by Gasteiger charge is -2.29. The zero-order valence-electron chi connectivity index (χ0n) is 23.2. The molecular weight excluding hydrogens is 515 g/mol. The van der Waals surface area contributed by atoms with Gasteiger partial charge in [0.05, 0.1) is 0 Å². The van der Waals surface area contributed by atoms with Gasteiger partial charge in [0.15, 0.2) is 0 Å². The summed E-state index contributed by atoms with van der Waals surface area (Å²) >= 11 is 0. The monoisotopic (exact) mass is 564 g/mol. The zero-order chi connectivity index (χ0) is 26.8. The van der Waals surface area contributed by atoms with Gasteiger partial charge in [-0.3, -0.25) is 14.7 Å². The largest absolute Gasteiger partial charge is 0.500 e. The summed E-state index contributed by atoms with van der Waals surface area (Å²) in [6.45, 7) is 16.0. The molecule has 0 bridgehead atoms. The Bertz CT molecular complexity index is 662. The first-order valence-corrected chi connectivity index (χ1v) is 18.9. The normalized spacial score (nSPS) is 12.8. The summed E-state index contributed by atoms with van der Waals surface area (Å²) in [5.41, 5.74) is 0. The Balaban J connectivity index is 2.81. The van der Waals surface area contributed by atoms with Gasteiger partial charge in [-0.05, 0) is 66.5 Å². The van der Waals surface area contributed by atoms with Crippen molar-refractivity contribution < 1.29 is 31.1 Å². The van der Waals surface area contributed by atoms with Crippen molar-refractivity contribution in [3.05, 3.63) is 30.3 Å². The van der Waals surface area contributed by atoms with Crippen molar-refractivity contribution in [1.29, 1.82) is 0 Å². The minimum atomic E-state index is -3.04. The summed E-state index contributed by atoms with van der Waals surface area (Å²) in [4.78, 5) is 0. The fraction of sp³-hybridized carbons (Fsp3) is 0.750. The highest BCUT2D eigenvalue weighted by Gasteiger charge is 2.41. The number of hydrogen-bond donors (Lipinski definition) is 2. The molecule has 0 aliphatic rings. The number of benzene rings is 1. The number of nitrogens with one attached hydrogen (secondary N) is 2. The van der Waals surface area contributed by atoms with Crippen LogP contribution in [0.2, 0.25) is 12.1 Å². The van der Waals surface area contributed by atoms with Crippen LogP contribution in [-0.4, -0.2) is 70.3 Å². The third kappa shape index (κ3) is 11.5. The van der Waals surface area contributed by atoms with E-state index in [2.05, 4.69) is 10.2 Å². The van der Waals surface area contributed by atoms with E-state index in [1.54, 1.807) is 0 Å². The maximum absolute atomic E-state index is 14.0. The quantitative estimate of drug-likeness (QED) is 0.113. The second-order valence-corrected chi connectivity index (χ2v) is 15.8. The lowest BCUT2D eigenvalue weighted by atomic mass is 10.4. The van der Waals surface area contributed by atoms with Crippen LogP contribution in [0.25, 0.3) is 0 Å². The molecule has 0 aliphatic heterocycles. The van der Waals surface area contributed by atoms with Gasteiger partial charge in [-0.2, -0.15) is 0 Å². The predicted molar refractivity (Wildman–Crippen MR) is 150 cm³/mol. The average Bonchev–Trinajstić information content (AvgIpc) is 2.86. The highest BCUT2D eigenvalue weighted by atomic mass is 31.2. The third-order valence-corrected chi connectivity index (χ3v) is 14.0. The van der Waals surface area contributed by atoms with Crippen molar-refractivity contribution >= 4 is 30.4 Å². The Kier molecular flexibility index (Phi) is 17.5. The fourth-order valence-corrected chi connectivity index (χ4v) is 11.2. The molecule has 1 rings (SSSR count). The van der Waals surface area contributed by atoms with Crippen molar-refractivity contribution in [3.8, 4) is 0 Å². The second kappa shape index (κ2) is 18.8. The van der Waals surface area contributed by atoms with E-state index in [0.717, 1.165) is 18.1 Å². The molecule has 1 aromatic carbocycles. The Labute approximate surface area is 221 Å². The SMILES string of the molecule is CCO[Si](CCCNP(=O)(NCCC[Si](OCC)(OCC)OCC)c1ccccc1)(OCC)OCC. The van der Waals surface area contributed by atoms with E-state index >= 15 is 0 Å². The van der Waals surface area contributed by atoms with Crippen LogP contribution in [0, 0.1) is 0 Å². The molecule has 1 aromatic rings. The van der Waals surface area contributed by atoms with E-state index < -0.39 is 25.1 Å². The fourth-order valence-electron chi connectivity index (χ4n) is 3.96. The van der Waals surface area contributed by atoms with Gasteiger partial charge in [0, 0.05) is 70.1 Å². The molecule has 36 heavy (non-hydrogen) atoms. The highest BCUT2D eigenvalue weighted by Crippen LogP contribution is 2.35. The molecule has 0 spiro atoms. The molecule has 12 heteroatoms. The van der Waals surface area contributed by atoms with E-state index in [-0.39, 0.29) is 0 Å². The molecule has 0 saturated heterocycles. The van der Waals surface area contributed by atoms with Gasteiger partial charge in [-0.1, -0.05) is 18.2 Å². The first kappa shape index (κ1) is 33.6. The summed E-state index contributed by atoms with van der Waals surface area (Å²) in [5, 5.41) is 7.35. The Morgan fingerprint density at radius 3 is 1.25 bits per heavy atom. The molecule has 0 radical (unpaired) electrons. The topological polar surface area (TPSA) is 96.5 Å². The van der Waals surface area contributed by atoms with Crippen LogP contribution in [0.5, 0.6) is 0 Å². The molecule has 210 valence electrons. The van der Waals surface area contributed by atoms with Gasteiger partial charge in [0.25, 0.3) is 0 Å². The van der Waals surface area contributed by atoms with E-state index in [9.17, 15) is 4.57 Å². The molecule has 0 unspecified atom stereocenters. The third-order valence-electron chi connectivity index (χ3n) is 5.29. The van der Waals surface area contributed by atoms with Crippen molar-refractivity contribution in [1.82, 2.24) is 10.2 Å². The first-order chi connectivity index (χ1) is 17.4. The zero-order valence-corrected chi connectivity index (χ0v) is 26.1. The van der Waals surface area contributed by atoms with Gasteiger partial charge in [-0.25, -0.2) is 0 Å². The van der Waals surface area contributed by atoms with Crippen molar-refractivity contribution in [2.75, 3.05) is 52.7 Å². The Hall–Kier alpha value is -0.436. The highest BCUT2D eigenvalue weighted by molar-refractivity contribution is 7.67. The van der Waals surface area contributed by atoms with Crippen LogP contribution in [0.3, 0.4) is 0 Å². The minimum absolute atomic E-state index is 0.538. The van der Waals surface area contributed by atoms with Crippen molar-refractivity contribution in [2.24, 2.45) is 0 Å². The maximum atomic E-state index is 14.0. The van der Waals surface area contributed by atoms with Crippen molar-refractivity contribution in [2.45, 2.75) is 66.5 Å². The standard InChI is InChI=1S/C24H49N2O7PSi2/c1-7-28-35(29-8-2,30-9-3)22-16-20-25-34(27,24-18-14-13-15-19-24)26-21-17-23-36(31-10-4,32-11-5)33-12-6/h13-15,18-19H,7-12,16-17,20-23H2,1-6H3,(H2,25,26,27). The van der Waals surface area contributed by atoms with E-state index in [0.29, 0.717) is 64.8 Å². The van der Waals surface area contributed by atoms with Crippen molar-refractivity contribution in [3.63, 3.8) is 0 Å². The van der Waals surface area contributed by atoms with Crippen LogP contribution in [0.15, 0.2) is 30.3 Å². The molecule has 0 aliphatic carbocycles. The summed E-state index contributed by atoms with van der Waals surface area (Å²) in [6, 6.07) is 10.8. The van der Waals surface area contributed by atoms with Crippen LogP contribution >= 0.6 is 7.44 Å². The van der Waals surface area contributed by atoms with Gasteiger partial charge >= 0.3 is 17.6 Å². The molecule has 0 fully saturated rings. The molecular formula is C24H49N2O7PSi2. The molecule has 0 saturated carbocycles. The smallest absolute Gasteiger partial charge is 0.374 e. The van der Waals surface area contributed by atoms with Crippen LogP contribution in [0.4, 0.5) is 0 Å². The molecule has 0 aromatic heterocycles. The Morgan fingerprint density at radius 2 is 0.944 bits per heavy atom. The molecule has 9 nitrogen and oxygen atoms in total. The van der Waals surface area contributed by atoms with Crippen LogP contribution in [0.1, 0.15) is 54.4 Å². The van der Waals surface area contributed by atoms with Crippen LogP contribution < -0.4 is 15.5 Å². The molecule has 2 N–H and O–H groups in total. The number of hydrogen-bond acceptors (Lipinski definition) is 7. The maximum Gasteiger partial charge on any atom is 0.500 e. The lowest BCUT2D eigenvalue weighted by Crippen LogP contribution is -2.46. The van der Waals surface area contributed by atoms with Gasteiger partial charge in [0.2, 0.25) is 7.44 Å². The van der Waals surface area contributed by atoms with E-state index in [1.807, 2.05) is 71.9 Å². The second-order valence-electron chi connectivity index (χ2n) is 7.93. The van der Waals surface area contributed by atoms with E-state index in [1.165, 1.54) is 0 Å². The summed E-state index contributed by atoms with van der Waals surface area (Å²) in [7, 11) is -8.51. The lowest BCUT2D eigenvalue weighted by molar-refractivity contribution is 0.0701. The van der Waals surface area contributed by atoms with Gasteiger partial charge in [0.1, 0.15) is 0 Å². The first-order valence-electron chi connectivity index (χ1n) is 13.4. The van der Waals surface area contributed by atoms with Gasteiger partial charge in [-0.15, -0.1) is 0 Å². The van der Waals surface area contributed by atoms with Crippen LogP contribution in [-0.2, 0) is 31.1 Å². The van der Waals surface area contributed by atoms with Gasteiger partial charge < -0.3 is 26.6 Å². The van der Waals surface area contributed by atoms with E-state index in [4.69, 9.17) is 26.6 Å². The Morgan fingerprint density at radius 1 is 0.611 bits per heavy atom. The summed E-state index contributed by atoms with van der Waals surface area (Å²) in [5.74, 6) is 0. The molecule has 0 heterocycles. The molecule has 0 amide bonds. The summed E-state index contributed by atoms with van der Waals surface area (Å²) in [6.07, 6.45) is 1.44. The minimum Gasteiger partial charge on any atom is -0.374 e.